The first-order chi connectivity index (χ1) is 8.32. The molecule has 2 N–H and O–H groups in total. The lowest BCUT2D eigenvalue weighted by Crippen LogP contribution is -2.37. The minimum absolute atomic E-state index is 0.0972. The van der Waals surface area contributed by atoms with Crippen LogP contribution >= 0.6 is 0 Å². The molecule has 2 atom stereocenters. The van der Waals surface area contributed by atoms with Crippen LogP contribution < -0.4 is 5.32 Å². The summed E-state index contributed by atoms with van der Waals surface area (Å²) >= 11 is 0. The standard InChI is InChI=1S/C13H25NO4/c1-9(2)6-5-7-10(3)14-12(15)8-18-11(4)13(16)17/h9-11H,5-8H2,1-4H3,(H,14,15)(H,16,17)/t10?,11-/m0/s1. The van der Waals surface area contributed by atoms with E-state index in [4.69, 9.17) is 9.84 Å². The molecule has 0 aliphatic heterocycles. The van der Waals surface area contributed by atoms with E-state index in [-0.39, 0.29) is 18.6 Å². The highest BCUT2D eigenvalue weighted by Gasteiger charge is 2.14. The van der Waals surface area contributed by atoms with E-state index in [1.165, 1.54) is 6.92 Å². The number of hydrogen-bond acceptors (Lipinski definition) is 3. The number of carbonyl (C=O) groups excluding carboxylic acids is 1. The van der Waals surface area contributed by atoms with Gasteiger partial charge in [-0.25, -0.2) is 4.79 Å². The molecule has 0 heterocycles. The monoisotopic (exact) mass is 259 g/mol. The zero-order chi connectivity index (χ0) is 14.1. The number of aliphatic carboxylic acids is 1. The maximum absolute atomic E-state index is 11.4. The molecule has 18 heavy (non-hydrogen) atoms. The number of amides is 1. The Labute approximate surface area is 109 Å². The van der Waals surface area contributed by atoms with Crippen molar-refractivity contribution in [1.29, 1.82) is 0 Å². The van der Waals surface area contributed by atoms with Crippen LogP contribution in [0.25, 0.3) is 0 Å². The van der Waals surface area contributed by atoms with Crippen molar-refractivity contribution in [1.82, 2.24) is 5.32 Å². The lowest BCUT2D eigenvalue weighted by atomic mass is 10.0. The lowest BCUT2D eigenvalue weighted by molar-refractivity contribution is -0.150. The molecule has 0 aliphatic rings. The second-order valence-corrected chi connectivity index (χ2v) is 5.08. The molecule has 0 saturated heterocycles. The van der Waals surface area contributed by atoms with Gasteiger partial charge in [-0.15, -0.1) is 0 Å². The molecule has 1 amide bonds. The molecule has 0 aliphatic carbocycles. The van der Waals surface area contributed by atoms with Gasteiger partial charge in [0.2, 0.25) is 5.91 Å². The van der Waals surface area contributed by atoms with Crippen LogP contribution in [0, 0.1) is 5.92 Å². The van der Waals surface area contributed by atoms with Gasteiger partial charge < -0.3 is 15.2 Å². The first-order valence-corrected chi connectivity index (χ1v) is 6.46. The number of rotatable bonds is 9. The van der Waals surface area contributed by atoms with Crippen molar-refractivity contribution in [2.75, 3.05) is 6.61 Å². The average Bonchev–Trinajstić information content (AvgIpc) is 2.24. The van der Waals surface area contributed by atoms with Crippen LogP contribution in [-0.2, 0) is 14.3 Å². The van der Waals surface area contributed by atoms with E-state index in [0.29, 0.717) is 5.92 Å². The number of carboxylic acid groups (broad SMARTS) is 1. The molecule has 0 fully saturated rings. The summed E-state index contributed by atoms with van der Waals surface area (Å²) in [5.74, 6) is -0.652. The van der Waals surface area contributed by atoms with Crippen LogP contribution in [0.5, 0.6) is 0 Å². The molecular weight excluding hydrogens is 234 g/mol. The van der Waals surface area contributed by atoms with Gasteiger partial charge in [0.05, 0.1) is 0 Å². The lowest BCUT2D eigenvalue weighted by Gasteiger charge is -2.15. The van der Waals surface area contributed by atoms with Gasteiger partial charge >= 0.3 is 5.97 Å². The minimum atomic E-state index is -1.06. The van der Waals surface area contributed by atoms with Gasteiger partial charge in [-0.1, -0.05) is 26.7 Å². The largest absolute Gasteiger partial charge is 0.479 e. The Kier molecular flexibility index (Phi) is 8.37. The molecule has 0 aromatic rings. The molecule has 5 nitrogen and oxygen atoms in total. The van der Waals surface area contributed by atoms with Crippen molar-refractivity contribution >= 4 is 11.9 Å². The summed E-state index contributed by atoms with van der Waals surface area (Å²) < 4.78 is 4.90. The number of ether oxygens (including phenoxy) is 1. The normalized spacial score (nSPS) is 14.3. The van der Waals surface area contributed by atoms with Gasteiger partial charge in [-0.3, -0.25) is 4.79 Å². The molecule has 0 bridgehead atoms. The van der Waals surface area contributed by atoms with Gasteiger partial charge in [0.25, 0.3) is 0 Å². The second-order valence-electron chi connectivity index (χ2n) is 5.08. The van der Waals surface area contributed by atoms with Crippen LogP contribution in [0.4, 0.5) is 0 Å². The fourth-order valence-electron chi connectivity index (χ4n) is 1.49. The Morgan fingerprint density at radius 3 is 2.28 bits per heavy atom. The summed E-state index contributed by atoms with van der Waals surface area (Å²) in [5, 5.41) is 11.4. The predicted octanol–water partition coefficient (Wildman–Crippen LogP) is 1.81. The summed E-state index contributed by atoms with van der Waals surface area (Å²) in [5.41, 5.74) is 0. The third kappa shape index (κ3) is 8.98. The van der Waals surface area contributed by atoms with E-state index in [1.807, 2.05) is 6.92 Å². The molecule has 0 radical (unpaired) electrons. The molecular formula is C13H25NO4. The summed E-state index contributed by atoms with van der Waals surface area (Å²) in [6.45, 7) is 7.48. The zero-order valence-electron chi connectivity index (χ0n) is 11.7. The van der Waals surface area contributed by atoms with E-state index in [9.17, 15) is 9.59 Å². The van der Waals surface area contributed by atoms with Crippen LogP contribution in [0.3, 0.4) is 0 Å². The van der Waals surface area contributed by atoms with Gasteiger partial charge in [0.15, 0.2) is 6.10 Å². The molecule has 0 saturated carbocycles. The van der Waals surface area contributed by atoms with E-state index in [2.05, 4.69) is 19.2 Å². The predicted molar refractivity (Wildman–Crippen MR) is 69.3 cm³/mol. The van der Waals surface area contributed by atoms with Crippen LogP contribution in [0.2, 0.25) is 0 Å². The van der Waals surface area contributed by atoms with Gasteiger partial charge in [-0.2, -0.15) is 0 Å². The van der Waals surface area contributed by atoms with Crippen molar-refractivity contribution in [3.63, 3.8) is 0 Å². The van der Waals surface area contributed by atoms with Crippen molar-refractivity contribution in [3.05, 3.63) is 0 Å². The topological polar surface area (TPSA) is 75.6 Å². The highest BCUT2D eigenvalue weighted by atomic mass is 16.5. The van der Waals surface area contributed by atoms with Gasteiger partial charge in [0, 0.05) is 6.04 Å². The van der Waals surface area contributed by atoms with Crippen LogP contribution in [0.15, 0.2) is 0 Å². The summed E-state index contributed by atoms with van der Waals surface area (Å²) in [6, 6.07) is 0.0972. The highest BCUT2D eigenvalue weighted by molar-refractivity contribution is 5.78. The Hall–Kier alpha value is -1.10. The third-order valence-corrected chi connectivity index (χ3v) is 2.64. The van der Waals surface area contributed by atoms with Gasteiger partial charge in [0.1, 0.15) is 6.61 Å². The fourth-order valence-corrected chi connectivity index (χ4v) is 1.49. The van der Waals surface area contributed by atoms with Crippen molar-refractivity contribution in [3.8, 4) is 0 Å². The first-order valence-electron chi connectivity index (χ1n) is 6.46. The highest BCUT2D eigenvalue weighted by Crippen LogP contribution is 2.08. The van der Waals surface area contributed by atoms with E-state index >= 15 is 0 Å². The van der Waals surface area contributed by atoms with Crippen molar-refractivity contribution in [2.24, 2.45) is 5.92 Å². The maximum Gasteiger partial charge on any atom is 0.332 e. The summed E-state index contributed by atoms with van der Waals surface area (Å²) in [6.07, 6.45) is 2.20. The summed E-state index contributed by atoms with van der Waals surface area (Å²) in [7, 11) is 0. The SMILES string of the molecule is CC(C)CCCC(C)NC(=O)CO[C@@H](C)C(=O)O. The van der Waals surface area contributed by atoms with Crippen molar-refractivity contribution in [2.45, 2.75) is 59.1 Å². The Morgan fingerprint density at radius 2 is 1.78 bits per heavy atom. The molecule has 0 aromatic heterocycles. The first kappa shape index (κ1) is 16.9. The molecule has 5 heteroatoms. The van der Waals surface area contributed by atoms with E-state index < -0.39 is 12.1 Å². The van der Waals surface area contributed by atoms with Crippen molar-refractivity contribution < 1.29 is 19.4 Å². The van der Waals surface area contributed by atoms with Gasteiger partial charge in [-0.05, 0) is 26.2 Å². The average molecular weight is 259 g/mol. The molecule has 1 unspecified atom stereocenters. The summed E-state index contributed by atoms with van der Waals surface area (Å²) in [4.78, 5) is 21.9. The third-order valence-electron chi connectivity index (χ3n) is 2.64. The number of carboxylic acids is 1. The Bertz CT molecular complexity index is 266. The molecule has 0 aromatic carbocycles. The van der Waals surface area contributed by atoms with Crippen LogP contribution in [0.1, 0.15) is 47.0 Å². The zero-order valence-corrected chi connectivity index (χ0v) is 11.7. The molecule has 106 valence electrons. The Morgan fingerprint density at radius 1 is 1.17 bits per heavy atom. The number of carbonyl (C=O) groups is 2. The number of nitrogens with one attached hydrogen (secondary N) is 1. The smallest absolute Gasteiger partial charge is 0.332 e. The minimum Gasteiger partial charge on any atom is -0.479 e. The number of hydrogen-bond donors (Lipinski definition) is 2. The maximum atomic E-state index is 11.4. The van der Waals surface area contributed by atoms with Crippen LogP contribution in [-0.4, -0.2) is 35.7 Å². The van der Waals surface area contributed by atoms with E-state index in [0.717, 1.165) is 19.3 Å². The molecule has 0 rings (SSSR count). The fraction of sp³-hybridized carbons (Fsp3) is 0.846. The van der Waals surface area contributed by atoms with E-state index in [1.54, 1.807) is 0 Å². The quantitative estimate of drug-likeness (QED) is 0.662. The Balaban J connectivity index is 3.70. The second kappa shape index (κ2) is 8.91. The molecule has 0 spiro atoms.